The van der Waals surface area contributed by atoms with Crippen molar-refractivity contribution in [3.63, 3.8) is 0 Å². The second-order valence-corrected chi connectivity index (χ2v) is 3.09. The molecule has 0 saturated heterocycles. The summed E-state index contributed by atoms with van der Waals surface area (Å²) < 4.78 is 39.5. The third-order valence-electron chi connectivity index (χ3n) is 1.74. The van der Waals surface area contributed by atoms with Gasteiger partial charge >= 0.3 is 12.1 Å². The highest BCUT2D eigenvalue weighted by molar-refractivity contribution is 5.75. The SMILES string of the molecule is CCC(C)COC(=O)[C@H](O)C(F)(F)F. The fourth-order valence-electron chi connectivity index (χ4n) is 0.555. The Morgan fingerprint density at radius 3 is 2.36 bits per heavy atom. The third-order valence-corrected chi connectivity index (χ3v) is 1.74. The molecule has 1 unspecified atom stereocenters. The van der Waals surface area contributed by atoms with Crippen LogP contribution in [0.25, 0.3) is 0 Å². The van der Waals surface area contributed by atoms with E-state index in [9.17, 15) is 18.0 Å². The highest BCUT2D eigenvalue weighted by Gasteiger charge is 2.44. The van der Waals surface area contributed by atoms with Gasteiger partial charge in [-0.25, -0.2) is 4.79 Å². The maximum absolute atomic E-state index is 11.8. The van der Waals surface area contributed by atoms with Crippen LogP contribution in [0.1, 0.15) is 20.3 Å². The molecule has 6 heteroatoms. The van der Waals surface area contributed by atoms with Crippen LogP contribution in [0.5, 0.6) is 0 Å². The fraction of sp³-hybridized carbons (Fsp3) is 0.875. The van der Waals surface area contributed by atoms with Crippen LogP contribution in [-0.4, -0.2) is 30.0 Å². The smallest absolute Gasteiger partial charge is 0.425 e. The Hall–Kier alpha value is -0.780. The summed E-state index contributed by atoms with van der Waals surface area (Å²) in [5.41, 5.74) is 0. The minimum atomic E-state index is -4.95. The molecule has 0 aromatic carbocycles. The predicted octanol–water partition coefficient (Wildman–Crippen LogP) is 1.50. The van der Waals surface area contributed by atoms with Crippen molar-refractivity contribution < 1.29 is 27.8 Å². The molecule has 14 heavy (non-hydrogen) atoms. The number of esters is 1. The maximum Gasteiger partial charge on any atom is 0.425 e. The summed E-state index contributed by atoms with van der Waals surface area (Å²) in [5, 5.41) is 8.44. The molecule has 0 radical (unpaired) electrons. The van der Waals surface area contributed by atoms with E-state index in [1.165, 1.54) is 0 Å². The molecule has 2 atom stereocenters. The first-order chi connectivity index (χ1) is 6.29. The molecule has 0 spiro atoms. The van der Waals surface area contributed by atoms with Gasteiger partial charge in [0.2, 0.25) is 6.10 Å². The lowest BCUT2D eigenvalue weighted by Gasteiger charge is -2.15. The van der Waals surface area contributed by atoms with Crippen LogP contribution in [0.3, 0.4) is 0 Å². The molecule has 0 saturated carbocycles. The Balaban J connectivity index is 3.97. The third kappa shape index (κ3) is 4.45. The summed E-state index contributed by atoms with van der Waals surface area (Å²) in [5.74, 6) is -1.66. The van der Waals surface area contributed by atoms with Crippen molar-refractivity contribution in [3.05, 3.63) is 0 Å². The van der Waals surface area contributed by atoms with Crippen LogP contribution in [-0.2, 0) is 9.53 Å². The number of halogens is 3. The van der Waals surface area contributed by atoms with E-state index >= 15 is 0 Å². The van der Waals surface area contributed by atoms with E-state index in [-0.39, 0.29) is 12.5 Å². The molecule has 0 rings (SSSR count). The van der Waals surface area contributed by atoms with Crippen LogP contribution in [0.4, 0.5) is 13.2 Å². The monoisotopic (exact) mass is 214 g/mol. The van der Waals surface area contributed by atoms with Crippen molar-refractivity contribution in [2.24, 2.45) is 5.92 Å². The first-order valence-corrected chi connectivity index (χ1v) is 4.20. The standard InChI is InChI=1S/C8H13F3O3/c1-3-5(2)4-14-7(13)6(12)8(9,10)11/h5-6,12H,3-4H2,1-2H3/t5?,6-/m0/s1. The summed E-state index contributed by atoms with van der Waals surface area (Å²) >= 11 is 0. The zero-order chi connectivity index (χ0) is 11.4. The molecule has 0 heterocycles. The number of hydrogen-bond acceptors (Lipinski definition) is 3. The molecule has 1 N–H and O–H groups in total. The van der Waals surface area contributed by atoms with Crippen molar-refractivity contribution in [3.8, 4) is 0 Å². The number of hydrogen-bond donors (Lipinski definition) is 1. The number of aliphatic hydroxyl groups excluding tert-OH is 1. The summed E-state index contributed by atoms with van der Waals surface area (Å²) in [6.45, 7) is 3.44. The van der Waals surface area contributed by atoms with Gasteiger partial charge in [-0.05, 0) is 5.92 Å². The second kappa shape index (κ2) is 5.19. The van der Waals surface area contributed by atoms with Gasteiger partial charge in [-0.3, -0.25) is 0 Å². The van der Waals surface area contributed by atoms with Gasteiger partial charge in [-0.15, -0.1) is 0 Å². The molecule has 0 aromatic heterocycles. The Morgan fingerprint density at radius 1 is 1.50 bits per heavy atom. The minimum Gasteiger partial charge on any atom is -0.463 e. The molecule has 0 aromatic rings. The van der Waals surface area contributed by atoms with E-state index in [1.54, 1.807) is 6.92 Å². The zero-order valence-corrected chi connectivity index (χ0v) is 7.97. The first kappa shape index (κ1) is 13.2. The van der Waals surface area contributed by atoms with Crippen LogP contribution < -0.4 is 0 Å². The number of carbonyl (C=O) groups excluding carboxylic acids is 1. The van der Waals surface area contributed by atoms with E-state index in [0.29, 0.717) is 6.42 Å². The largest absolute Gasteiger partial charge is 0.463 e. The number of aliphatic hydroxyl groups is 1. The molecule has 0 aliphatic heterocycles. The molecule has 3 nitrogen and oxygen atoms in total. The number of alkyl halides is 3. The lowest BCUT2D eigenvalue weighted by atomic mass is 10.1. The predicted molar refractivity (Wildman–Crippen MR) is 42.5 cm³/mol. The fourth-order valence-corrected chi connectivity index (χ4v) is 0.555. The Labute approximate surface area is 79.9 Å². The van der Waals surface area contributed by atoms with Crippen LogP contribution in [0.15, 0.2) is 0 Å². The van der Waals surface area contributed by atoms with E-state index in [0.717, 1.165) is 0 Å². The topological polar surface area (TPSA) is 46.5 Å². The van der Waals surface area contributed by atoms with Gasteiger partial charge < -0.3 is 9.84 Å². The summed E-state index contributed by atoms with van der Waals surface area (Å²) in [4.78, 5) is 10.6. The van der Waals surface area contributed by atoms with E-state index < -0.39 is 18.2 Å². The summed E-state index contributed by atoms with van der Waals surface area (Å²) in [6, 6.07) is 0. The average Bonchev–Trinajstić information content (AvgIpc) is 2.10. The molecular weight excluding hydrogens is 201 g/mol. The number of rotatable bonds is 4. The van der Waals surface area contributed by atoms with E-state index in [4.69, 9.17) is 5.11 Å². The van der Waals surface area contributed by atoms with Gasteiger partial charge in [0.05, 0.1) is 6.61 Å². The quantitative estimate of drug-likeness (QED) is 0.721. The molecule has 0 fully saturated rings. The average molecular weight is 214 g/mol. The lowest BCUT2D eigenvalue weighted by Crippen LogP contribution is -2.38. The number of carbonyl (C=O) groups is 1. The van der Waals surface area contributed by atoms with Gasteiger partial charge in [-0.2, -0.15) is 13.2 Å². The van der Waals surface area contributed by atoms with E-state index in [1.807, 2.05) is 6.92 Å². The van der Waals surface area contributed by atoms with Crippen LogP contribution in [0, 0.1) is 5.92 Å². The minimum absolute atomic E-state index is 0.0145. The highest BCUT2D eigenvalue weighted by Crippen LogP contribution is 2.21. The van der Waals surface area contributed by atoms with E-state index in [2.05, 4.69) is 4.74 Å². The van der Waals surface area contributed by atoms with Gasteiger partial charge in [0.25, 0.3) is 0 Å². The molecular formula is C8H13F3O3. The summed E-state index contributed by atoms with van der Waals surface area (Å²) in [7, 11) is 0. The van der Waals surface area contributed by atoms with Crippen molar-refractivity contribution in [1.82, 2.24) is 0 Å². The second-order valence-electron chi connectivity index (χ2n) is 3.09. The summed E-state index contributed by atoms with van der Waals surface area (Å²) in [6.07, 6.45) is -7.30. The molecule has 0 bridgehead atoms. The highest BCUT2D eigenvalue weighted by atomic mass is 19.4. The van der Waals surface area contributed by atoms with Crippen molar-refractivity contribution in [2.75, 3.05) is 6.61 Å². The Morgan fingerprint density at radius 2 is 2.00 bits per heavy atom. The molecule has 84 valence electrons. The van der Waals surface area contributed by atoms with Crippen molar-refractivity contribution in [2.45, 2.75) is 32.5 Å². The van der Waals surface area contributed by atoms with Crippen molar-refractivity contribution >= 4 is 5.97 Å². The molecule has 0 amide bonds. The Bertz CT molecular complexity index is 191. The lowest BCUT2D eigenvalue weighted by molar-refractivity contribution is -0.218. The van der Waals surface area contributed by atoms with Gasteiger partial charge in [0.1, 0.15) is 0 Å². The molecule has 0 aliphatic carbocycles. The normalized spacial score (nSPS) is 16.1. The number of ether oxygens (including phenoxy) is 1. The van der Waals surface area contributed by atoms with Crippen LogP contribution in [0.2, 0.25) is 0 Å². The van der Waals surface area contributed by atoms with Gasteiger partial charge in [-0.1, -0.05) is 20.3 Å². The molecule has 0 aliphatic rings. The Kier molecular flexibility index (Phi) is 4.90. The maximum atomic E-state index is 11.8. The van der Waals surface area contributed by atoms with Gasteiger partial charge in [0.15, 0.2) is 0 Å². The van der Waals surface area contributed by atoms with Gasteiger partial charge in [0, 0.05) is 0 Å². The zero-order valence-electron chi connectivity index (χ0n) is 7.97. The van der Waals surface area contributed by atoms with Crippen molar-refractivity contribution in [1.29, 1.82) is 0 Å². The first-order valence-electron chi connectivity index (χ1n) is 4.20. The van der Waals surface area contributed by atoms with Crippen LogP contribution >= 0.6 is 0 Å².